The van der Waals surface area contributed by atoms with E-state index in [0.29, 0.717) is 34.7 Å². The maximum absolute atomic E-state index is 15.1. The molecule has 226 valence electrons. The van der Waals surface area contributed by atoms with Crippen LogP contribution >= 0.6 is 11.8 Å². The number of carbonyl (C=O) groups excluding carboxylic acids is 1. The quantitative estimate of drug-likeness (QED) is 0.185. The first-order chi connectivity index (χ1) is 21.7. The number of imidazole rings is 1. The van der Waals surface area contributed by atoms with Gasteiger partial charge in [0.2, 0.25) is 0 Å². The van der Waals surface area contributed by atoms with E-state index < -0.39 is 11.4 Å². The van der Waals surface area contributed by atoms with Crippen LogP contribution in [-0.4, -0.2) is 35.9 Å². The third-order valence-corrected chi connectivity index (χ3v) is 8.76. The summed E-state index contributed by atoms with van der Waals surface area (Å²) in [6.45, 7) is 3.90. The van der Waals surface area contributed by atoms with Gasteiger partial charge in [-0.1, -0.05) is 23.4 Å². The van der Waals surface area contributed by atoms with Gasteiger partial charge in [0, 0.05) is 46.3 Å². The SMILES string of the molecule is CC1(C)C[C@@H](n2cc(-c3cc(NC(=O)c4ccccc4SCc4cn5ccccc5n4)ccc3F)nn2)c2cc(F)ccc2O1. The number of halogens is 2. The number of hydrogen-bond acceptors (Lipinski definition) is 6. The molecule has 6 aromatic rings. The zero-order valence-electron chi connectivity index (χ0n) is 24.4. The summed E-state index contributed by atoms with van der Waals surface area (Å²) in [5.74, 6) is -0.0574. The van der Waals surface area contributed by atoms with Gasteiger partial charge in [-0.05, 0) is 74.5 Å². The molecular weight excluding hydrogens is 594 g/mol. The van der Waals surface area contributed by atoms with Gasteiger partial charge in [-0.2, -0.15) is 0 Å². The lowest BCUT2D eigenvalue weighted by molar-refractivity contribution is 0.0642. The minimum absolute atomic E-state index is 0.180. The molecule has 0 bridgehead atoms. The molecule has 8 nitrogen and oxygen atoms in total. The van der Waals surface area contributed by atoms with Gasteiger partial charge in [0.1, 0.15) is 34.3 Å². The van der Waals surface area contributed by atoms with Crippen molar-refractivity contribution in [2.45, 2.75) is 42.6 Å². The van der Waals surface area contributed by atoms with Crippen LogP contribution in [0.5, 0.6) is 5.75 Å². The zero-order chi connectivity index (χ0) is 31.1. The first kappa shape index (κ1) is 28.7. The Kier molecular flexibility index (Phi) is 7.33. The molecule has 1 amide bonds. The predicted octanol–water partition coefficient (Wildman–Crippen LogP) is 7.57. The van der Waals surface area contributed by atoms with Crippen LogP contribution < -0.4 is 10.1 Å². The molecule has 0 aliphatic carbocycles. The number of ether oxygens (including phenoxy) is 1. The number of nitrogens with one attached hydrogen (secondary N) is 1. The van der Waals surface area contributed by atoms with E-state index in [0.717, 1.165) is 16.2 Å². The second kappa shape index (κ2) is 11.5. The van der Waals surface area contributed by atoms with Crippen LogP contribution in [0.1, 0.15) is 47.9 Å². The summed E-state index contributed by atoms with van der Waals surface area (Å²) in [7, 11) is 0. The predicted molar refractivity (Wildman–Crippen MR) is 168 cm³/mol. The summed E-state index contributed by atoms with van der Waals surface area (Å²) in [6.07, 6.45) is 6.07. The molecule has 0 fully saturated rings. The lowest BCUT2D eigenvalue weighted by Gasteiger charge is -2.37. The molecule has 0 radical (unpaired) electrons. The molecule has 3 aromatic heterocycles. The van der Waals surface area contributed by atoms with Crippen LogP contribution in [0.25, 0.3) is 16.9 Å². The Morgan fingerprint density at radius 2 is 1.89 bits per heavy atom. The van der Waals surface area contributed by atoms with Crippen LogP contribution in [0.3, 0.4) is 0 Å². The molecule has 4 heterocycles. The smallest absolute Gasteiger partial charge is 0.256 e. The van der Waals surface area contributed by atoms with E-state index in [4.69, 9.17) is 4.74 Å². The summed E-state index contributed by atoms with van der Waals surface area (Å²) in [6, 6.07) is 21.5. The molecule has 45 heavy (non-hydrogen) atoms. The largest absolute Gasteiger partial charge is 0.487 e. The topological polar surface area (TPSA) is 86.3 Å². The number of carbonyl (C=O) groups is 1. The molecule has 0 saturated heterocycles. The van der Waals surface area contributed by atoms with E-state index in [9.17, 15) is 9.18 Å². The normalized spacial score (nSPS) is 15.4. The fraction of sp³-hybridized carbons (Fsp3) is 0.176. The molecule has 0 saturated carbocycles. The van der Waals surface area contributed by atoms with Gasteiger partial charge in [0.25, 0.3) is 5.91 Å². The van der Waals surface area contributed by atoms with Gasteiger partial charge in [-0.3, -0.25) is 4.79 Å². The van der Waals surface area contributed by atoms with Gasteiger partial charge in [-0.25, -0.2) is 18.4 Å². The van der Waals surface area contributed by atoms with Gasteiger partial charge >= 0.3 is 0 Å². The number of anilines is 1. The number of amides is 1. The van der Waals surface area contributed by atoms with E-state index >= 15 is 4.39 Å². The molecule has 11 heteroatoms. The Morgan fingerprint density at radius 1 is 1.04 bits per heavy atom. The van der Waals surface area contributed by atoms with Gasteiger partial charge in [0.15, 0.2) is 0 Å². The van der Waals surface area contributed by atoms with Crippen molar-refractivity contribution in [1.82, 2.24) is 24.4 Å². The van der Waals surface area contributed by atoms with E-state index in [1.54, 1.807) is 29.1 Å². The van der Waals surface area contributed by atoms with Crippen molar-refractivity contribution in [3.8, 4) is 17.0 Å². The molecule has 1 aliphatic heterocycles. The third-order valence-electron chi connectivity index (χ3n) is 7.65. The van der Waals surface area contributed by atoms with Crippen molar-refractivity contribution < 1.29 is 18.3 Å². The lowest BCUT2D eigenvalue weighted by atomic mass is 9.89. The van der Waals surface area contributed by atoms with Crippen LogP contribution in [0.15, 0.2) is 102 Å². The van der Waals surface area contributed by atoms with E-state index in [2.05, 4.69) is 20.6 Å². The highest BCUT2D eigenvalue weighted by Gasteiger charge is 2.36. The average Bonchev–Trinajstić information content (AvgIpc) is 3.68. The Labute approximate surface area is 262 Å². The van der Waals surface area contributed by atoms with Gasteiger partial charge < -0.3 is 14.5 Å². The minimum Gasteiger partial charge on any atom is -0.487 e. The fourth-order valence-electron chi connectivity index (χ4n) is 5.56. The highest BCUT2D eigenvalue weighted by atomic mass is 32.2. The van der Waals surface area contributed by atoms with Crippen LogP contribution in [0, 0.1) is 11.6 Å². The first-order valence-electron chi connectivity index (χ1n) is 14.4. The van der Waals surface area contributed by atoms with Crippen LogP contribution in [0.4, 0.5) is 14.5 Å². The highest BCUT2D eigenvalue weighted by molar-refractivity contribution is 7.98. The monoisotopic (exact) mass is 622 g/mol. The van der Waals surface area contributed by atoms with Crippen molar-refractivity contribution in [3.63, 3.8) is 0 Å². The van der Waals surface area contributed by atoms with Crippen molar-refractivity contribution in [2.24, 2.45) is 0 Å². The number of nitrogens with zero attached hydrogens (tertiary/aromatic N) is 5. The number of rotatable bonds is 7. The van der Waals surface area contributed by atoms with Crippen molar-refractivity contribution in [3.05, 3.63) is 126 Å². The molecule has 7 rings (SSSR count). The maximum Gasteiger partial charge on any atom is 0.256 e. The molecule has 1 atom stereocenters. The second-order valence-electron chi connectivity index (χ2n) is 11.5. The number of hydrogen-bond donors (Lipinski definition) is 1. The third kappa shape index (κ3) is 5.91. The summed E-state index contributed by atoms with van der Waals surface area (Å²) in [5.41, 5.74) is 3.25. The summed E-state index contributed by atoms with van der Waals surface area (Å²) < 4.78 is 38.9. The molecule has 1 aliphatic rings. The number of pyridine rings is 1. The number of benzene rings is 3. The molecular formula is C34H28F2N6O2S. The van der Waals surface area contributed by atoms with Crippen LogP contribution in [0.2, 0.25) is 0 Å². The van der Waals surface area contributed by atoms with Gasteiger partial charge in [-0.15, -0.1) is 16.9 Å². The second-order valence-corrected chi connectivity index (χ2v) is 12.5. The number of aromatic nitrogens is 5. The average molecular weight is 623 g/mol. The Bertz CT molecular complexity index is 2020. The Hall–Kier alpha value is -5.03. The van der Waals surface area contributed by atoms with Crippen molar-refractivity contribution in [2.75, 3.05) is 5.32 Å². The maximum atomic E-state index is 15.1. The molecule has 0 spiro atoms. The first-order valence-corrected chi connectivity index (χ1v) is 15.4. The number of thioether (sulfide) groups is 1. The highest BCUT2D eigenvalue weighted by Crippen LogP contribution is 2.42. The fourth-order valence-corrected chi connectivity index (χ4v) is 6.50. The number of fused-ring (bicyclic) bond motifs is 2. The van der Waals surface area contributed by atoms with E-state index in [1.165, 1.54) is 42.1 Å². The Morgan fingerprint density at radius 3 is 2.76 bits per heavy atom. The van der Waals surface area contributed by atoms with Crippen LogP contribution in [-0.2, 0) is 5.75 Å². The summed E-state index contributed by atoms with van der Waals surface area (Å²) in [5, 5.41) is 11.4. The van der Waals surface area contributed by atoms with Crippen molar-refractivity contribution >= 4 is 29.0 Å². The molecule has 0 unspecified atom stereocenters. The standard InChI is InChI=1S/C34H28F2N6O2S/c1-34(2)17-29(26-15-21(35)10-13-30(26)44-34)42-19-28(39-40-42)25-16-22(11-12-27(25)36)38-33(43)24-7-3-4-8-31(24)45-20-23-18-41-14-6-5-9-32(41)37-23/h3-16,18-19,29H,17,20H2,1-2H3,(H,38,43)/t29-/m1/s1. The van der Waals surface area contributed by atoms with E-state index in [1.807, 2.05) is 61.0 Å². The van der Waals surface area contributed by atoms with E-state index in [-0.39, 0.29) is 29.0 Å². The van der Waals surface area contributed by atoms with Gasteiger partial charge in [0.05, 0.1) is 23.5 Å². The minimum atomic E-state index is -0.529. The summed E-state index contributed by atoms with van der Waals surface area (Å²) in [4.78, 5) is 18.9. The zero-order valence-corrected chi connectivity index (χ0v) is 25.3. The summed E-state index contributed by atoms with van der Waals surface area (Å²) >= 11 is 1.52. The molecule has 1 N–H and O–H groups in total. The van der Waals surface area contributed by atoms with Crippen molar-refractivity contribution in [1.29, 1.82) is 0 Å². The molecule has 3 aromatic carbocycles. The lowest BCUT2D eigenvalue weighted by Crippen LogP contribution is -2.37. The Balaban J connectivity index is 1.11.